The molecule has 1 atom stereocenters. The average molecular weight is 281 g/mol. The molecule has 0 radical (unpaired) electrons. The molecule has 0 spiro atoms. The lowest BCUT2D eigenvalue weighted by atomic mass is 9.68. The van der Waals surface area contributed by atoms with Gasteiger partial charge in [-0.2, -0.15) is 5.26 Å². The number of aryl methyl sites for hydroxylation is 2. The number of hydrogen-bond donors (Lipinski definition) is 0. The van der Waals surface area contributed by atoms with Crippen LogP contribution in [-0.2, 0) is 12.0 Å². The first kappa shape index (κ1) is 15.3. The zero-order valence-corrected chi connectivity index (χ0v) is 13.1. The van der Waals surface area contributed by atoms with Gasteiger partial charge in [-0.3, -0.25) is 0 Å². The fraction of sp³-hybridized carbons (Fsp3) is 0.444. The summed E-state index contributed by atoms with van der Waals surface area (Å²) in [6.07, 6.45) is 7.43. The Morgan fingerprint density at radius 1 is 1.33 bits per heavy atom. The molecule has 110 valence electrons. The predicted molar refractivity (Wildman–Crippen MR) is 84.8 cm³/mol. The standard InChI is InChI=1S/C18H23N3/c1-15(2)18(13-19,17-8-5-4-7-16(17)3)9-6-11-21-12-10-20-14-21/h4-5,7-8,10,12,14-15H,6,9,11H2,1-3H3/t18-/m1/s1. The number of benzene rings is 1. The van der Waals surface area contributed by atoms with Crippen molar-refractivity contribution in [2.24, 2.45) is 5.92 Å². The van der Waals surface area contributed by atoms with Crippen LogP contribution in [0.15, 0.2) is 43.0 Å². The van der Waals surface area contributed by atoms with E-state index in [4.69, 9.17) is 0 Å². The van der Waals surface area contributed by atoms with Crippen LogP contribution in [-0.4, -0.2) is 9.55 Å². The topological polar surface area (TPSA) is 41.6 Å². The van der Waals surface area contributed by atoms with Gasteiger partial charge in [0.15, 0.2) is 0 Å². The van der Waals surface area contributed by atoms with Gasteiger partial charge in [-0.15, -0.1) is 0 Å². The second-order valence-electron chi connectivity index (χ2n) is 5.96. The van der Waals surface area contributed by atoms with Gasteiger partial charge in [0.05, 0.1) is 17.8 Å². The van der Waals surface area contributed by atoms with Crippen LogP contribution in [0, 0.1) is 24.2 Å². The molecular formula is C18H23N3. The minimum Gasteiger partial charge on any atom is -0.337 e. The van der Waals surface area contributed by atoms with E-state index >= 15 is 0 Å². The van der Waals surface area contributed by atoms with Gasteiger partial charge in [0.2, 0.25) is 0 Å². The van der Waals surface area contributed by atoms with Gasteiger partial charge in [0, 0.05) is 18.9 Å². The zero-order chi connectivity index (χ0) is 15.3. The highest BCUT2D eigenvalue weighted by Gasteiger charge is 2.36. The molecule has 0 saturated carbocycles. The lowest BCUT2D eigenvalue weighted by Crippen LogP contribution is -2.32. The van der Waals surface area contributed by atoms with Gasteiger partial charge in [0.1, 0.15) is 0 Å². The summed E-state index contributed by atoms with van der Waals surface area (Å²) in [7, 11) is 0. The van der Waals surface area contributed by atoms with Crippen LogP contribution in [0.1, 0.15) is 37.8 Å². The maximum absolute atomic E-state index is 9.91. The van der Waals surface area contributed by atoms with E-state index in [-0.39, 0.29) is 5.92 Å². The van der Waals surface area contributed by atoms with Crippen molar-refractivity contribution >= 4 is 0 Å². The normalized spacial score (nSPS) is 13.9. The summed E-state index contributed by atoms with van der Waals surface area (Å²) in [6, 6.07) is 10.9. The molecule has 0 aliphatic carbocycles. The van der Waals surface area contributed by atoms with Crippen LogP contribution in [0.5, 0.6) is 0 Å². The zero-order valence-electron chi connectivity index (χ0n) is 13.1. The molecule has 0 aliphatic heterocycles. The number of imidazole rings is 1. The van der Waals surface area contributed by atoms with Crippen molar-refractivity contribution in [2.75, 3.05) is 0 Å². The Balaban J connectivity index is 2.22. The highest BCUT2D eigenvalue weighted by atomic mass is 15.0. The van der Waals surface area contributed by atoms with Crippen molar-refractivity contribution < 1.29 is 0 Å². The molecule has 0 fully saturated rings. The second kappa shape index (κ2) is 6.58. The van der Waals surface area contributed by atoms with E-state index in [1.807, 2.05) is 24.7 Å². The Kier molecular flexibility index (Phi) is 4.80. The predicted octanol–water partition coefficient (Wildman–Crippen LogP) is 4.09. The van der Waals surface area contributed by atoms with E-state index in [9.17, 15) is 5.26 Å². The molecule has 1 heterocycles. The Hall–Kier alpha value is -2.08. The molecular weight excluding hydrogens is 258 g/mol. The van der Waals surface area contributed by atoms with Crippen molar-refractivity contribution in [3.63, 3.8) is 0 Å². The van der Waals surface area contributed by atoms with Gasteiger partial charge in [-0.1, -0.05) is 38.1 Å². The summed E-state index contributed by atoms with van der Waals surface area (Å²) in [6.45, 7) is 7.29. The average Bonchev–Trinajstić information content (AvgIpc) is 2.98. The van der Waals surface area contributed by atoms with E-state index in [1.54, 1.807) is 6.20 Å². The third-order valence-electron chi connectivity index (χ3n) is 4.36. The van der Waals surface area contributed by atoms with Gasteiger partial charge in [-0.05, 0) is 36.8 Å². The Labute approximate surface area is 127 Å². The number of nitriles is 1. The molecule has 2 aromatic rings. The van der Waals surface area contributed by atoms with Crippen molar-refractivity contribution in [3.05, 3.63) is 54.1 Å². The van der Waals surface area contributed by atoms with Gasteiger partial charge in [0.25, 0.3) is 0 Å². The van der Waals surface area contributed by atoms with E-state index < -0.39 is 5.41 Å². The van der Waals surface area contributed by atoms with Gasteiger partial charge in [-0.25, -0.2) is 4.98 Å². The molecule has 3 heteroatoms. The molecule has 0 bridgehead atoms. The van der Waals surface area contributed by atoms with Crippen LogP contribution in [0.25, 0.3) is 0 Å². The monoisotopic (exact) mass is 281 g/mol. The van der Waals surface area contributed by atoms with E-state index in [0.717, 1.165) is 19.4 Å². The first-order valence-corrected chi connectivity index (χ1v) is 7.53. The molecule has 0 amide bonds. The highest BCUT2D eigenvalue weighted by molar-refractivity contribution is 5.39. The summed E-state index contributed by atoms with van der Waals surface area (Å²) in [5.41, 5.74) is 1.97. The molecule has 1 aromatic carbocycles. The third kappa shape index (κ3) is 3.16. The van der Waals surface area contributed by atoms with Crippen LogP contribution in [0.2, 0.25) is 0 Å². The number of hydrogen-bond acceptors (Lipinski definition) is 2. The molecule has 21 heavy (non-hydrogen) atoms. The molecule has 2 rings (SSSR count). The quantitative estimate of drug-likeness (QED) is 0.800. The molecule has 0 unspecified atom stereocenters. The molecule has 0 N–H and O–H groups in total. The summed E-state index contributed by atoms with van der Waals surface area (Å²) < 4.78 is 2.07. The minimum atomic E-state index is -0.411. The maximum Gasteiger partial charge on any atom is 0.0945 e. The summed E-state index contributed by atoms with van der Waals surface area (Å²) in [5, 5.41) is 9.91. The van der Waals surface area contributed by atoms with Crippen molar-refractivity contribution in [2.45, 2.75) is 45.6 Å². The van der Waals surface area contributed by atoms with E-state index in [0.29, 0.717) is 0 Å². The number of nitrogens with zero attached hydrogens (tertiary/aromatic N) is 3. The molecule has 0 aliphatic rings. The SMILES string of the molecule is Cc1ccccc1[C@@](C#N)(CCCn1ccnc1)C(C)C. The smallest absolute Gasteiger partial charge is 0.0945 e. The van der Waals surface area contributed by atoms with E-state index in [2.05, 4.69) is 48.5 Å². The van der Waals surface area contributed by atoms with Crippen LogP contribution >= 0.6 is 0 Å². The first-order chi connectivity index (χ1) is 10.1. The number of rotatable bonds is 6. The van der Waals surface area contributed by atoms with Gasteiger partial charge >= 0.3 is 0 Å². The maximum atomic E-state index is 9.91. The first-order valence-electron chi connectivity index (χ1n) is 7.53. The van der Waals surface area contributed by atoms with Crippen LogP contribution in [0.3, 0.4) is 0 Å². The van der Waals surface area contributed by atoms with E-state index in [1.165, 1.54) is 11.1 Å². The van der Waals surface area contributed by atoms with Crippen LogP contribution < -0.4 is 0 Å². The molecule has 1 aromatic heterocycles. The van der Waals surface area contributed by atoms with Crippen molar-refractivity contribution in [1.82, 2.24) is 9.55 Å². The lowest BCUT2D eigenvalue weighted by molar-refractivity contribution is 0.349. The summed E-state index contributed by atoms with van der Waals surface area (Å²) in [5.74, 6) is 0.284. The Morgan fingerprint density at radius 3 is 2.67 bits per heavy atom. The Bertz CT molecular complexity index is 608. The Morgan fingerprint density at radius 2 is 2.10 bits per heavy atom. The van der Waals surface area contributed by atoms with Crippen molar-refractivity contribution in [1.29, 1.82) is 5.26 Å². The van der Waals surface area contributed by atoms with Crippen LogP contribution in [0.4, 0.5) is 0 Å². The van der Waals surface area contributed by atoms with Gasteiger partial charge < -0.3 is 4.57 Å². The molecule has 0 saturated heterocycles. The number of aromatic nitrogens is 2. The fourth-order valence-electron chi connectivity index (χ4n) is 3.01. The largest absolute Gasteiger partial charge is 0.337 e. The summed E-state index contributed by atoms with van der Waals surface area (Å²) >= 11 is 0. The third-order valence-corrected chi connectivity index (χ3v) is 4.36. The van der Waals surface area contributed by atoms with Crippen molar-refractivity contribution in [3.8, 4) is 6.07 Å². The lowest BCUT2D eigenvalue weighted by Gasteiger charge is -2.32. The molecule has 3 nitrogen and oxygen atoms in total. The minimum absolute atomic E-state index is 0.284. The summed E-state index contributed by atoms with van der Waals surface area (Å²) in [4.78, 5) is 4.06. The highest BCUT2D eigenvalue weighted by Crippen LogP contribution is 2.38. The second-order valence-corrected chi connectivity index (χ2v) is 5.96. The fourth-order valence-corrected chi connectivity index (χ4v) is 3.01.